The summed E-state index contributed by atoms with van der Waals surface area (Å²) in [5, 5.41) is 0. The molecular formula is C17H28N2O. The number of methoxy groups -OCH3 is 1. The third-order valence-corrected chi connectivity index (χ3v) is 4.53. The highest BCUT2D eigenvalue weighted by Gasteiger charge is 2.25. The van der Waals surface area contributed by atoms with Crippen LogP contribution in [0.4, 0.5) is 0 Å². The number of hydrogen-bond donors (Lipinski definition) is 1. The van der Waals surface area contributed by atoms with Crippen molar-refractivity contribution in [2.24, 2.45) is 5.73 Å². The number of nitrogens with two attached hydrogens (primary N) is 1. The van der Waals surface area contributed by atoms with Crippen LogP contribution in [-0.4, -0.2) is 31.1 Å². The number of benzene rings is 1. The highest BCUT2D eigenvalue weighted by molar-refractivity contribution is 5.37. The van der Waals surface area contributed by atoms with Gasteiger partial charge in [0.25, 0.3) is 0 Å². The van der Waals surface area contributed by atoms with Crippen LogP contribution < -0.4 is 10.5 Å². The summed E-state index contributed by atoms with van der Waals surface area (Å²) >= 11 is 0. The number of nitrogens with zero attached hydrogens (tertiary/aromatic N) is 1. The Morgan fingerprint density at radius 1 is 1.35 bits per heavy atom. The van der Waals surface area contributed by atoms with Crippen LogP contribution in [0.5, 0.6) is 5.75 Å². The topological polar surface area (TPSA) is 38.5 Å². The summed E-state index contributed by atoms with van der Waals surface area (Å²) in [5.41, 5.74) is 8.60. The van der Waals surface area contributed by atoms with Gasteiger partial charge >= 0.3 is 0 Å². The minimum absolute atomic E-state index is 0.327. The van der Waals surface area contributed by atoms with Crippen molar-refractivity contribution in [1.82, 2.24) is 4.90 Å². The second-order valence-corrected chi connectivity index (χ2v) is 5.92. The van der Waals surface area contributed by atoms with Crippen LogP contribution in [-0.2, 0) is 0 Å². The van der Waals surface area contributed by atoms with E-state index in [1.165, 1.54) is 36.8 Å². The van der Waals surface area contributed by atoms with Gasteiger partial charge in [0.15, 0.2) is 0 Å². The lowest BCUT2D eigenvalue weighted by molar-refractivity contribution is 0.150. The summed E-state index contributed by atoms with van der Waals surface area (Å²) in [6.07, 6.45) is 5.26. The van der Waals surface area contributed by atoms with Gasteiger partial charge in [-0.3, -0.25) is 4.90 Å². The van der Waals surface area contributed by atoms with Crippen LogP contribution in [0.3, 0.4) is 0 Å². The summed E-state index contributed by atoms with van der Waals surface area (Å²) < 4.78 is 5.36. The molecule has 0 aromatic heterocycles. The Labute approximate surface area is 123 Å². The zero-order valence-corrected chi connectivity index (χ0v) is 13.1. The molecule has 3 nitrogen and oxygen atoms in total. The van der Waals surface area contributed by atoms with E-state index in [1.807, 2.05) is 0 Å². The first-order valence-corrected chi connectivity index (χ1v) is 7.77. The molecule has 0 radical (unpaired) electrons. The van der Waals surface area contributed by atoms with E-state index in [0.29, 0.717) is 18.6 Å². The summed E-state index contributed by atoms with van der Waals surface area (Å²) in [6, 6.07) is 7.41. The van der Waals surface area contributed by atoms with Crippen LogP contribution in [0.1, 0.15) is 49.8 Å². The Kier molecular flexibility index (Phi) is 5.44. The van der Waals surface area contributed by atoms with Crippen molar-refractivity contribution in [3.63, 3.8) is 0 Å². The summed E-state index contributed by atoms with van der Waals surface area (Å²) in [5.74, 6) is 0.952. The van der Waals surface area contributed by atoms with E-state index in [0.717, 1.165) is 12.3 Å². The van der Waals surface area contributed by atoms with Crippen LogP contribution >= 0.6 is 0 Å². The highest BCUT2D eigenvalue weighted by atomic mass is 16.5. The zero-order valence-electron chi connectivity index (χ0n) is 13.1. The quantitative estimate of drug-likeness (QED) is 0.917. The Morgan fingerprint density at radius 3 is 2.80 bits per heavy atom. The molecule has 1 aromatic carbocycles. The molecule has 20 heavy (non-hydrogen) atoms. The minimum Gasteiger partial charge on any atom is -0.496 e. The fourth-order valence-corrected chi connectivity index (χ4v) is 3.33. The molecule has 0 bridgehead atoms. The van der Waals surface area contributed by atoms with Gasteiger partial charge < -0.3 is 10.5 Å². The Hall–Kier alpha value is -1.06. The second kappa shape index (κ2) is 7.09. The smallest absolute Gasteiger partial charge is 0.121 e. The third kappa shape index (κ3) is 3.33. The maximum atomic E-state index is 6.10. The normalized spacial score (nSPS) is 22.3. The number of rotatable bonds is 4. The molecule has 2 rings (SSSR count). The molecular weight excluding hydrogens is 248 g/mol. The molecule has 1 aliphatic heterocycles. The molecule has 3 heteroatoms. The Bertz CT molecular complexity index is 433. The van der Waals surface area contributed by atoms with Crippen molar-refractivity contribution in [2.45, 2.75) is 51.6 Å². The van der Waals surface area contributed by atoms with Gasteiger partial charge in [-0.05, 0) is 50.4 Å². The summed E-state index contributed by atoms with van der Waals surface area (Å²) in [4.78, 5) is 2.59. The Balaban J connectivity index is 2.24. The first-order valence-electron chi connectivity index (χ1n) is 7.77. The monoisotopic (exact) mass is 276 g/mol. The molecule has 0 spiro atoms. The van der Waals surface area contributed by atoms with Crippen LogP contribution in [0.15, 0.2) is 18.2 Å². The van der Waals surface area contributed by atoms with Gasteiger partial charge in [-0.15, -0.1) is 0 Å². The van der Waals surface area contributed by atoms with E-state index < -0.39 is 0 Å². The van der Waals surface area contributed by atoms with E-state index >= 15 is 0 Å². The minimum atomic E-state index is 0.327. The third-order valence-electron chi connectivity index (χ3n) is 4.53. The molecule has 1 saturated heterocycles. The van der Waals surface area contributed by atoms with Crippen LogP contribution in [0, 0.1) is 6.92 Å². The number of aryl methyl sites for hydroxylation is 1. The summed E-state index contributed by atoms with van der Waals surface area (Å²) in [7, 11) is 1.72. The average Bonchev–Trinajstić information content (AvgIpc) is 2.65. The van der Waals surface area contributed by atoms with E-state index in [2.05, 4.69) is 36.9 Å². The lowest BCUT2D eigenvalue weighted by Gasteiger charge is -2.35. The molecule has 1 heterocycles. The van der Waals surface area contributed by atoms with E-state index in [1.54, 1.807) is 7.11 Å². The van der Waals surface area contributed by atoms with E-state index in [-0.39, 0.29) is 0 Å². The van der Waals surface area contributed by atoms with Crippen molar-refractivity contribution < 1.29 is 4.74 Å². The van der Waals surface area contributed by atoms with E-state index in [4.69, 9.17) is 10.5 Å². The number of ether oxygens (including phenoxy) is 1. The zero-order chi connectivity index (χ0) is 14.5. The lowest BCUT2D eigenvalue weighted by atomic mass is 10.0. The predicted molar refractivity (Wildman–Crippen MR) is 84.2 cm³/mol. The van der Waals surface area contributed by atoms with Gasteiger partial charge in [0.05, 0.1) is 7.11 Å². The molecule has 0 aliphatic carbocycles. The van der Waals surface area contributed by atoms with Crippen LogP contribution in [0.25, 0.3) is 0 Å². The van der Waals surface area contributed by atoms with Crippen molar-refractivity contribution in [1.29, 1.82) is 0 Å². The SMILES string of the molecule is COc1ccc(C(CN)N2CCCCCC2C)cc1C. The average molecular weight is 276 g/mol. The number of hydrogen-bond acceptors (Lipinski definition) is 3. The van der Waals surface area contributed by atoms with Crippen molar-refractivity contribution in [2.75, 3.05) is 20.2 Å². The molecule has 0 amide bonds. The van der Waals surface area contributed by atoms with Gasteiger partial charge in [0.1, 0.15) is 5.75 Å². The van der Waals surface area contributed by atoms with Crippen molar-refractivity contribution in [3.8, 4) is 5.75 Å². The molecule has 1 aromatic rings. The second-order valence-electron chi connectivity index (χ2n) is 5.92. The molecule has 112 valence electrons. The van der Waals surface area contributed by atoms with Gasteiger partial charge in [-0.2, -0.15) is 0 Å². The van der Waals surface area contributed by atoms with E-state index in [9.17, 15) is 0 Å². The fourth-order valence-electron chi connectivity index (χ4n) is 3.33. The summed E-state index contributed by atoms with van der Waals surface area (Å²) in [6.45, 7) is 6.27. The van der Waals surface area contributed by atoms with Gasteiger partial charge in [0, 0.05) is 18.6 Å². The first kappa shape index (κ1) is 15.3. The first-order chi connectivity index (χ1) is 9.67. The largest absolute Gasteiger partial charge is 0.496 e. The fraction of sp³-hybridized carbons (Fsp3) is 0.647. The van der Waals surface area contributed by atoms with Crippen LogP contribution in [0.2, 0.25) is 0 Å². The molecule has 0 saturated carbocycles. The molecule has 2 N–H and O–H groups in total. The molecule has 2 unspecified atom stereocenters. The molecule has 1 fully saturated rings. The lowest BCUT2D eigenvalue weighted by Crippen LogP contribution is -2.39. The predicted octanol–water partition coefficient (Wildman–Crippen LogP) is 3.27. The maximum Gasteiger partial charge on any atom is 0.121 e. The highest BCUT2D eigenvalue weighted by Crippen LogP contribution is 2.29. The molecule has 1 aliphatic rings. The van der Waals surface area contributed by atoms with Gasteiger partial charge in [0.2, 0.25) is 0 Å². The maximum absolute atomic E-state index is 6.10. The van der Waals surface area contributed by atoms with Crippen molar-refractivity contribution >= 4 is 0 Å². The van der Waals surface area contributed by atoms with Gasteiger partial charge in [-0.25, -0.2) is 0 Å². The number of likely N-dealkylation sites (tertiary alicyclic amines) is 1. The standard InChI is InChI=1S/C17H28N2O/c1-13-11-15(8-9-17(13)20-3)16(12-18)19-10-6-4-5-7-14(19)2/h8-9,11,14,16H,4-7,10,12,18H2,1-3H3. The van der Waals surface area contributed by atoms with Gasteiger partial charge in [-0.1, -0.05) is 25.0 Å². The Morgan fingerprint density at radius 2 is 2.15 bits per heavy atom. The molecule has 2 atom stereocenters. The van der Waals surface area contributed by atoms with Crippen molar-refractivity contribution in [3.05, 3.63) is 29.3 Å².